The molecule has 0 saturated carbocycles. The highest BCUT2D eigenvalue weighted by atomic mass is 32.2. The summed E-state index contributed by atoms with van der Waals surface area (Å²) in [7, 11) is -3.46. The molecule has 2 atom stereocenters. The topological polar surface area (TPSA) is 37.4 Å². The lowest BCUT2D eigenvalue weighted by molar-refractivity contribution is 0.374. The molecule has 2 rings (SSSR count). The van der Waals surface area contributed by atoms with Gasteiger partial charge in [0.1, 0.15) is 0 Å². The fraction of sp³-hybridized carbons (Fsp3) is 0.412. The van der Waals surface area contributed by atoms with Crippen LogP contribution in [0.25, 0.3) is 0 Å². The Morgan fingerprint density at radius 1 is 1.38 bits per heavy atom. The standard InChI is InChI=1S/C17H23NO2S/c1-6-17(5)12-18(11-16(17)13(2)3)21(19,20)15-9-7-14(4)8-10-15/h6-10,16H,1-2,11-12H2,3-5H3/t16-,17-/m0/s1. The largest absolute Gasteiger partial charge is 0.243 e. The highest BCUT2D eigenvalue weighted by Gasteiger charge is 2.45. The van der Waals surface area contributed by atoms with E-state index in [1.165, 1.54) is 0 Å². The number of sulfonamides is 1. The van der Waals surface area contributed by atoms with Gasteiger partial charge in [-0.1, -0.05) is 42.8 Å². The average Bonchev–Trinajstić information content (AvgIpc) is 2.79. The highest BCUT2D eigenvalue weighted by molar-refractivity contribution is 7.89. The van der Waals surface area contributed by atoms with E-state index in [1.54, 1.807) is 16.4 Å². The second-order valence-corrected chi connectivity index (χ2v) is 8.16. The van der Waals surface area contributed by atoms with Crippen molar-refractivity contribution in [1.82, 2.24) is 4.31 Å². The number of nitrogens with zero attached hydrogens (tertiary/aromatic N) is 1. The minimum atomic E-state index is -3.46. The van der Waals surface area contributed by atoms with Gasteiger partial charge in [-0.15, -0.1) is 6.58 Å². The van der Waals surface area contributed by atoms with Crippen molar-refractivity contribution in [3.63, 3.8) is 0 Å². The molecule has 0 aliphatic carbocycles. The van der Waals surface area contributed by atoms with Crippen LogP contribution in [-0.2, 0) is 10.0 Å². The smallest absolute Gasteiger partial charge is 0.207 e. The molecule has 1 aliphatic rings. The second kappa shape index (κ2) is 5.43. The molecule has 0 unspecified atom stereocenters. The minimum absolute atomic E-state index is 0.107. The van der Waals surface area contributed by atoms with Crippen LogP contribution in [0, 0.1) is 18.3 Å². The zero-order valence-electron chi connectivity index (χ0n) is 13.0. The van der Waals surface area contributed by atoms with Crippen LogP contribution >= 0.6 is 0 Å². The summed E-state index contributed by atoms with van der Waals surface area (Å²) >= 11 is 0. The number of benzene rings is 1. The van der Waals surface area contributed by atoms with Crippen LogP contribution in [-0.4, -0.2) is 25.8 Å². The van der Waals surface area contributed by atoms with E-state index in [2.05, 4.69) is 13.2 Å². The summed E-state index contributed by atoms with van der Waals surface area (Å²) < 4.78 is 27.1. The van der Waals surface area contributed by atoms with Crippen LogP contribution in [0.2, 0.25) is 0 Å². The zero-order valence-corrected chi connectivity index (χ0v) is 13.8. The molecule has 1 saturated heterocycles. The van der Waals surface area contributed by atoms with E-state index >= 15 is 0 Å². The lowest BCUT2D eigenvalue weighted by Crippen LogP contribution is -2.30. The summed E-state index contributed by atoms with van der Waals surface area (Å²) in [6.45, 7) is 14.8. The molecule has 1 aromatic rings. The lowest BCUT2D eigenvalue weighted by atomic mass is 9.77. The van der Waals surface area contributed by atoms with Gasteiger partial charge in [-0.3, -0.25) is 0 Å². The van der Waals surface area contributed by atoms with Gasteiger partial charge in [0.05, 0.1) is 4.90 Å². The zero-order chi connectivity index (χ0) is 15.8. The summed E-state index contributed by atoms with van der Waals surface area (Å²) in [6, 6.07) is 6.99. The van der Waals surface area contributed by atoms with Crippen molar-refractivity contribution in [3.8, 4) is 0 Å². The molecule has 114 valence electrons. The normalized spacial score (nSPS) is 26.7. The predicted molar refractivity (Wildman–Crippen MR) is 86.5 cm³/mol. The Bertz CT molecular complexity index is 661. The molecule has 0 spiro atoms. The summed E-state index contributed by atoms with van der Waals surface area (Å²) in [5.74, 6) is 0.107. The van der Waals surface area contributed by atoms with E-state index in [-0.39, 0.29) is 11.3 Å². The maximum absolute atomic E-state index is 12.8. The van der Waals surface area contributed by atoms with Gasteiger partial charge in [-0.05, 0) is 26.0 Å². The van der Waals surface area contributed by atoms with Crippen molar-refractivity contribution < 1.29 is 8.42 Å². The monoisotopic (exact) mass is 305 g/mol. The molecule has 3 nitrogen and oxygen atoms in total. The molecule has 0 radical (unpaired) electrons. The molecule has 1 fully saturated rings. The Hall–Kier alpha value is -1.39. The first kappa shape index (κ1) is 16.0. The van der Waals surface area contributed by atoms with Gasteiger partial charge in [0.15, 0.2) is 0 Å². The van der Waals surface area contributed by atoms with Crippen LogP contribution in [0.5, 0.6) is 0 Å². The number of aryl methyl sites for hydroxylation is 1. The summed E-state index contributed by atoms with van der Waals surface area (Å²) in [6.07, 6.45) is 1.86. The van der Waals surface area contributed by atoms with Gasteiger partial charge in [-0.2, -0.15) is 4.31 Å². The Labute approximate surface area is 128 Å². The number of rotatable bonds is 4. The molecular weight excluding hydrogens is 282 g/mol. The fourth-order valence-corrected chi connectivity index (χ4v) is 4.51. The van der Waals surface area contributed by atoms with Gasteiger partial charge < -0.3 is 0 Å². The third-order valence-corrected chi connectivity index (χ3v) is 6.25. The van der Waals surface area contributed by atoms with Crippen molar-refractivity contribution in [2.24, 2.45) is 11.3 Å². The molecule has 1 heterocycles. The molecule has 0 amide bonds. The third-order valence-electron chi connectivity index (χ3n) is 4.42. The van der Waals surface area contributed by atoms with Crippen LogP contribution in [0.15, 0.2) is 54.0 Å². The first-order valence-electron chi connectivity index (χ1n) is 7.06. The van der Waals surface area contributed by atoms with Gasteiger partial charge in [0, 0.05) is 24.4 Å². The van der Waals surface area contributed by atoms with Crippen LogP contribution in [0.4, 0.5) is 0 Å². The van der Waals surface area contributed by atoms with E-state index in [1.807, 2.05) is 39.0 Å². The van der Waals surface area contributed by atoms with Gasteiger partial charge in [-0.25, -0.2) is 8.42 Å². The molecule has 21 heavy (non-hydrogen) atoms. The van der Waals surface area contributed by atoms with Crippen molar-refractivity contribution in [2.75, 3.05) is 13.1 Å². The quantitative estimate of drug-likeness (QED) is 0.800. The Morgan fingerprint density at radius 3 is 2.38 bits per heavy atom. The molecule has 0 aromatic heterocycles. The summed E-state index contributed by atoms with van der Waals surface area (Å²) in [5, 5.41) is 0. The average molecular weight is 305 g/mol. The van der Waals surface area contributed by atoms with Crippen LogP contribution in [0.3, 0.4) is 0 Å². The van der Waals surface area contributed by atoms with Crippen LogP contribution < -0.4 is 0 Å². The van der Waals surface area contributed by atoms with Crippen molar-refractivity contribution in [1.29, 1.82) is 0 Å². The van der Waals surface area contributed by atoms with Gasteiger partial charge in [0.2, 0.25) is 10.0 Å². The Kier molecular flexibility index (Phi) is 4.13. The maximum Gasteiger partial charge on any atom is 0.243 e. The van der Waals surface area contributed by atoms with Gasteiger partial charge >= 0.3 is 0 Å². The lowest BCUT2D eigenvalue weighted by Gasteiger charge is -2.26. The van der Waals surface area contributed by atoms with E-state index in [9.17, 15) is 8.42 Å². The third kappa shape index (κ3) is 2.83. The molecule has 1 aliphatic heterocycles. The Morgan fingerprint density at radius 2 is 1.95 bits per heavy atom. The maximum atomic E-state index is 12.8. The van der Waals surface area contributed by atoms with Gasteiger partial charge in [0.25, 0.3) is 0 Å². The number of hydrogen-bond acceptors (Lipinski definition) is 2. The first-order chi connectivity index (χ1) is 9.70. The second-order valence-electron chi connectivity index (χ2n) is 6.22. The molecule has 1 aromatic carbocycles. The van der Waals surface area contributed by atoms with Crippen LogP contribution in [0.1, 0.15) is 19.4 Å². The highest BCUT2D eigenvalue weighted by Crippen LogP contribution is 2.42. The summed E-state index contributed by atoms with van der Waals surface area (Å²) in [4.78, 5) is 0.349. The SMILES string of the molecule is C=C[C@@]1(C)CN(S(=O)(=O)c2ccc(C)cc2)C[C@H]1C(=C)C. The van der Waals surface area contributed by atoms with Crippen molar-refractivity contribution >= 4 is 10.0 Å². The van der Waals surface area contributed by atoms with E-state index in [4.69, 9.17) is 0 Å². The molecular formula is C17H23NO2S. The first-order valence-corrected chi connectivity index (χ1v) is 8.50. The van der Waals surface area contributed by atoms with Crippen molar-refractivity contribution in [3.05, 3.63) is 54.6 Å². The number of hydrogen-bond donors (Lipinski definition) is 0. The molecule has 4 heteroatoms. The van der Waals surface area contributed by atoms with Crippen molar-refractivity contribution in [2.45, 2.75) is 25.7 Å². The van der Waals surface area contributed by atoms with E-state index < -0.39 is 10.0 Å². The molecule has 0 bridgehead atoms. The minimum Gasteiger partial charge on any atom is -0.207 e. The predicted octanol–water partition coefficient (Wildman–Crippen LogP) is 3.38. The summed E-state index contributed by atoms with van der Waals surface area (Å²) in [5.41, 5.74) is 1.79. The fourth-order valence-electron chi connectivity index (χ4n) is 2.93. The van der Waals surface area contributed by atoms with E-state index in [0.717, 1.165) is 11.1 Å². The van der Waals surface area contributed by atoms with E-state index in [0.29, 0.717) is 18.0 Å². The Balaban J connectivity index is 2.37. The molecule has 0 N–H and O–H groups in total.